The highest BCUT2D eigenvalue weighted by atomic mass is 16.5. The van der Waals surface area contributed by atoms with E-state index in [1.54, 1.807) is 0 Å². The summed E-state index contributed by atoms with van der Waals surface area (Å²) in [4.78, 5) is 19.1. The molecule has 1 saturated heterocycles. The zero-order chi connectivity index (χ0) is 22.1. The van der Waals surface area contributed by atoms with E-state index in [-0.39, 0.29) is 18.2 Å². The van der Waals surface area contributed by atoms with Gasteiger partial charge in [-0.3, -0.25) is 0 Å². The van der Waals surface area contributed by atoms with Gasteiger partial charge in [0.25, 0.3) is 0 Å². The van der Waals surface area contributed by atoms with Crippen molar-refractivity contribution < 1.29 is 14.6 Å². The van der Waals surface area contributed by atoms with Crippen molar-refractivity contribution in [2.75, 3.05) is 19.6 Å². The van der Waals surface area contributed by atoms with E-state index < -0.39 is 0 Å². The van der Waals surface area contributed by atoms with E-state index in [2.05, 4.69) is 46.3 Å². The Morgan fingerprint density at radius 1 is 1.16 bits per heavy atom. The molecule has 168 valence electrons. The monoisotopic (exact) mass is 432 g/mol. The van der Waals surface area contributed by atoms with E-state index >= 15 is 0 Å². The van der Waals surface area contributed by atoms with Gasteiger partial charge < -0.3 is 19.7 Å². The highest BCUT2D eigenvalue weighted by molar-refractivity contribution is 6.05. The van der Waals surface area contributed by atoms with Crippen LogP contribution in [0.15, 0.2) is 42.5 Å². The lowest BCUT2D eigenvalue weighted by Gasteiger charge is -2.29. The summed E-state index contributed by atoms with van der Waals surface area (Å²) in [5.74, 6) is -0.238. The smallest absolute Gasteiger partial charge is 0.341 e. The van der Waals surface area contributed by atoms with Crippen molar-refractivity contribution in [1.29, 1.82) is 0 Å². The minimum atomic E-state index is -0.238. The van der Waals surface area contributed by atoms with Crippen LogP contribution in [-0.2, 0) is 17.6 Å². The number of hydrogen-bond acceptors (Lipinski definition) is 4. The van der Waals surface area contributed by atoms with E-state index in [0.717, 1.165) is 80.3 Å². The lowest BCUT2D eigenvalue weighted by Crippen LogP contribution is -2.37. The predicted octanol–water partition coefficient (Wildman–Crippen LogP) is 4.71. The molecule has 0 bridgehead atoms. The highest BCUT2D eigenvalue weighted by Crippen LogP contribution is 2.34. The number of piperidine rings is 1. The van der Waals surface area contributed by atoms with Crippen LogP contribution in [0.2, 0.25) is 0 Å². The number of benzene rings is 2. The maximum absolute atomic E-state index is 13.3. The molecule has 1 aliphatic heterocycles. The molecule has 2 N–H and O–H groups in total. The van der Waals surface area contributed by atoms with Gasteiger partial charge in [0.05, 0.1) is 11.7 Å². The zero-order valence-electron chi connectivity index (χ0n) is 18.8. The van der Waals surface area contributed by atoms with Gasteiger partial charge >= 0.3 is 5.97 Å². The molecule has 5 rings (SSSR count). The molecule has 0 spiro atoms. The second-order valence-electron chi connectivity index (χ2n) is 9.31. The SMILES string of the molecule is Cc1[nH]c2ccc(CCN3CCC(O)CC3)cc2c1C(=O)OC1CCCc2ccccc21. The van der Waals surface area contributed by atoms with Crippen LogP contribution in [0, 0.1) is 6.92 Å². The zero-order valence-corrected chi connectivity index (χ0v) is 18.8. The standard InChI is InChI=1S/C27H32N2O3/c1-18-26(27(31)32-25-8-4-6-20-5-2-3-7-22(20)25)23-17-19(9-10-24(23)28-18)11-14-29-15-12-21(30)13-16-29/h2-3,5,7,9-10,17,21,25,28,30H,4,6,8,11-16H2,1H3. The minimum Gasteiger partial charge on any atom is -0.454 e. The number of carbonyl (C=O) groups is 1. The highest BCUT2D eigenvalue weighted by Gasteiger charge is 2.26. The number of carbonyl (C=O) groups excluding carboxylic acids is 1. The van der Waals surface area contributed by atoms with Gasteiger partial charge in [0.1, 0.15) is 6.10 Å². The van der Waals surface area contributed by atoms with Crippen LogP contribution < -0.4 is 0 Å². The number of likely N-dealkylation sites (tertiary alicyclic amines) is 1. The summed E-state index contributed by atoms with van der Waals surface area (Å²) < 4.78 is 6.07. The minimum absolute atomic E-state index is 0.143. The van der Waals surface area contributed by atoms with E-state index in [4.69, 9.17) is 4.74 Å². The molecule has 0 amide bonds. The fraction of sp³-hybridized carbons (Fsp3) is 0.444. The summed E-state index contributed by atoms with van der Waals surface area (Å²) in [7, 11) is 0. The topological polar surface area (TPSA) is 65.6 Å². The van der Waals surface area contributed by atoms with Gasteiger partial charge in [-0.1, -0.05) is 30.3 Å². The Morgan fingerprint density at radius 3 is 2.81 bits per heavy atom. The van der Waals surface area contributed by atoms with Gasteiger partial charge in [0.2, 0.25) is 0 Å². The van der Waals surface area contributed by atoms with Crippen molar-refractivity contribution in [3.63, 3.8) is 0 Å². The van der Waals surface area contributed by atoms with Crippen molar-refractivity contribution in [3.05, 3.63) is 70.4 Å². The van der Waals surface area contributed by atoms with Crippen LogP contribution in [0.25, 0.3) is 10.9 Å². The molecule has 32 heavy (non-hydrogen) atoms. The number of esters is 1. The molecule has 1 fully saturated rings. The summed E-state index contributed by atoms with van der Waals surface area (Å²) >= 11 is 0. The molecule has 1 aliphatic carbocycles. The molecule has 1 atom stereocenters. The lowest BCUT2D eigenvalue weighted by molar-refractivity contribution is 0.0258. The largest absolute Gasteiger partial charge is 0.454 e. The molecular formula is C27H32N2O3. The maximum Gasteiger partial charge on any atom is 0.341 e. The summed E-state index contributed by atoms with van der Waals surface area (Å²) in [5, 5.41) is 10.7. The maximum atomic E-state index is 13.3. The molecule has 1 aromatic heterocycles. The number of nitrogens with zero attached hydrogens (tertiary/aromatic N) is 1. The number of aliphatic hydroxyl groups excluding tert-OH is 1. The first-order chi connectivity index (χ1) is 15.6. The number of aromatic amines is 1. The number of H-pyrrole nitrogens is 1. The van der Waals surface area contributed by atoms with Crippen molar-refractivity contribution in [2.45, 2.75) is 57.7 Å². The molecule has 2 heterocycles. The van der Waals surface area contributed by atoms with Crippen LogP contribution in [-0.4, -0.2) is 46.7 Å². The number of rotatable bonds is 5. The first kappa shape index (κ1) is 21.2. The Bertz CT molecular complexity index is 1110. The molecule has 5 heteroatoms. The number of nitrogens with one attached hydrogen (secondary N) is 1. The second kappa shape index (κ2) is 9.08. The fourth-order valence-corrected chi connectivity index (χ4v) is 5.24. The number of fused-ring (bicyclic) bond motifs is 2. The summed E-state index contributed by atoms with van der Waals surface area (Å²) in [6.07, 6.45) is 5.30. The predicted molar refractivity (Wildman–Crippen MR) is 126 cm³/mol. The average Bonchev–Trinajstić information content (AvgIpc) is 3.14. The van der Waals surface area contributed by atoms with Crippen LogP contribution >= 0.6 is 0 Å². The number of aryl methyl sites for hydroxylation is 2. The molecule has 2 aromatic carbocycles. The number of hydrogen-bond donors (Lipinski definition) is 2. The number of ether oxygens (including phenoxy) is 1. The van der Waals surface area contributed by atoms with E-state index in [1.165, 1.54) is 11.1 Å². The summed E-state index contributed by atoms with van der Waals surface area (Å²) in [5.41, 5.74) is 6.15. The van der Waals surface area contributed by atoms with Gasteiger partial charge in [-0.15, -0.1) is 0 Å². The third kappa shape index (κ3) is 4.32. The third-order valence-corrected chi connectivity index (χ3v) is 7.09. The Hall–Kier alpha value is -2.63. The van der Waals surface area contributed by atoms with Gasteiger partial charge in [0.15, 0.2) is 0 Å². The molecule has 2 aliphatic rings. The molecule has 5 nitrogen and oxygen atoms in total. The van der Waals surface area contributed by atoms with Crippen molar-refractivity contribution in [1.82, 2.24) is 9.88 Å². The normalized spacial score (nSPS) is 19.8. The van der Waals surface area contributed by atoms with Crippen molar-refractivity contribution >= 4 is 16.9 Å². The second-order valence-corrected chi connectivity index (χ2v) is 9.31. The Balaban J connectivity index is 1.34. The van der Waals surface area contributed by atoms with Crippen LogP contribution in [0.5, 0.6) is 0 Å². The first-order valence-electron chi connectivity index (χ1n) is 11.9. The van der Waals surface area contributed by atoms with Gasteiger partial charge in [0, 0.05) is 36.2 Å². The lowest BCUT2D eigenvalue weighted by atomic mass is 9.89. The Labute approximate surface area is 189 Å². The first-order valence-corrected chi connectivity index (χ1v) is 11.9. The van der Waals surface area contributed by atoms with Gasteiger partial charge in [-0.05, 0) is 74.3 Å². The van der Waals surface area contributed by atoms with E-state index in [9.17, 15) is 9.90 Å². The molecular weight excluding hydrogens is 400 g/mol. The number of aliphatic hydroxyl groups is 1. The van der Waals surface area contributed by atoms with Crippen LogP contribution in [0.1, 0.15) is 64.5 Å². The number of aromatic nitrogens is 1. The molecule has 3 aromatic rings. The molecule has 0 saturated carbocycles. The van der Waals surface area contributed by atoms with E-state index in [0.29, 0.717) is 5.56 Å². The Morgan fingerprint density at radius 2 is 1.97 bits per heavy atom. The summed E-state index contributed by atoms with van der Waals surface area (Å²) in [6, 6.07) is 14.7. The van der Waals surface area contributed by atoms with Crippen molar-refractivity contribution in [3.8, 4) is 0 Å². The van der Waals surface area contributed by atoms with Crippen molar-refractivity contribution in [2.24, 2.45) is 0 Å². The quantitative estimate of drug-likeness (QED) is 0.573. The average molecular weight is 433 g/mol. The molecule has 1 unspecified atom stereocenters. The van der Waals surface area contributed by atoms with Crippen LogP contribution in [0.4, 0.5) is 0 Å². The van der Waals surface area contributed by atoms with Gasteiger partial charge in [-0.2, -0.15) is 0 Å². The summed E-state index contributed by atoms with van der Waals surface area (Å²) in [6.45, 7) is 4.82. The Kier molecular flexibility index (Phi) is 6.03. The fourth-order valence-electron chi connectivity index (χ4n) is 5.24. The van der Waals surface area contributed by atoms with Gasteiger partial charge in [-0.25, -0.2) is 4.79 Å². The van der Waals surface area contributed by atoms with Crippen LogP contribution in [0.3, 0.4) is 0 Å². The van der Waals surface area contributed by atoms with E-state index in [1.807, 2.05) is 13.0 Å². The third-order valence-electron chi connectivity index (χ3n) is 7.09. The molecule has 0 radical (unpaired) electrons.